The average molecular weight is 414 g/mol. The van der Waals surface area contributed by atoms with Gasteiger partial charge in [-0.3, -0.25) is 9.36 Å². The van der Waals surface area contributed by atoms with Gasteiger partial charge in [-0.15, -0.1) is 5.10 Å². The van der Waals surface area contributed by atoms with Crippen LogP contribution in [0.5, 0.6) is 0 Å². The van der Waals surface area contributed by atoms with Crippen LogP contribution >= 0.6 is 0 Å². The standard InChI is InChI=1S/C22H18N6O3/c1-13-6-7-24-20-19(13)21(29)27(12-25-20)11-18-26-28(22(30)31-18)17-8-16(9-17)15-4-2-14(10-23)3-5-15/h2-7,12,16-17H,8-9,11H2,1H3. The Kier molecular flexibility index (Phi) is 4.47. The maximum Gasteiger partial charge on any atom is 0.437 e. The van der Waals surface area contributed by atoms with Gasteiger partial charge in [0.1, 0.15) is 12.9 Å². The Morgan fingerprint density at radius 1 is 1.16 bits per heavy atom. The molecule has 0 spiro atoms. The molecule has 0 N–H and O–H groups in total. The van der Waals surface area contributed by atoms with Crippen molar-refractivity contribution in [3.63, 3.8) is 0 Å². The number of fused-ring (bicyclic) bond motifs is 1. The summed E-state index contributed by atoms with van der Waals surface area (Å²) in [5.41, 5.74) is 2.69. The van der Waals surface area contributed by atoms with Crippen molar-refractivity contribution in [1.29, 1.82) is 5.26 Å². The zero-order valence-corrected chi connectivity index (χ0v) is 16.7. The molecule has 0 radical (unpaired) electrons. The van der Waals surface area contributed by atoms with Crippen LogP contribution in [0.15, 0.2) is 56.9 Å². The lowest BCUT2D eigenvalue weighted by molar-refractivity contribution is 0.233. The minimum Gasteiger partial charge on any atom is -0.390 e. The van der Waals surface area contributed by atoms with Crippen LogP contribution in [0, 0.1) is 18.3 Å². The van der Waals surface area contributed by atoms with Gasteiger partial charge in [-0.1, -0.05) is 12.1 Å². The van der Waals surface area contributed by atoms with Crippen molar-refractivity contribution in [1.82, 2.24) is 24.3 Å². The van der Waals surface area contributed by atoms with E-state index in [9.17, 15) is 9.59 Å². The third-order valence-electron chi connectivity index (χ3n) is 5.82. The van der Waals surface area contributed by atoms with Crippen LogP contribution in [-0.4, -0.2) is 24.3 Å². The largest absolute Gasteiger partial charge is 0.437 e. The van der Waals surface area contributed by atoms with E-state index in [1.807, 2.05) is 19.1 Å². The summed E-state index contributed by atoms with van der Waals surface area (Å²) >= 11 is 0. The number of aryl methyl sites for hydroxylation is 1. The van der Waals surface area contributed by atoms with Gasteiger partial charge in [0.2, 0.25) is 5.89 Å². The van der Waals surface area contributed by atoms with Crippen molar-refractivity contribution in [2.24, 2.45) is 0 Å². The first-order valence-corrected chi connectivity index (χ1v) is 9.93. The number of pyridine rings is 1. The summed E-state index contributed by atoms with van der Waals surface area (Å²) in [6, 6.07) is 11.3. The van der Waals surface area contributed by atoms with Gasteiger partial charge in [0, 0.05) is 6.20 Å². The van der Waals surface area contributed by atoms with Crippen molar-refractivity contribution in [2.75, 3.05) is 0 Å². The van der Waals surface area contributed by atoms with Gasteiger partial charge in [-0.2, -0.15) is 9.94 Å². The lowest BCUT2D eigenvalue weighted by Gasteiger charge is -2.34. The molecule has 3 heterocycles. The predicted molar refractivity (Wildman–Crippen MR) is 111 cm³/mol. The van der Waals surface area contributed by atoms with E-state index in [0.29, 0.717) is 22.5 Å². The third-order valence-corrected chi connectivity index (χ3v) is 5.82. The molecule has 0 unspecified atom stereocenters. The topological polar surface area (TPSA) is 120 Å². The van der Waals surface area contributed by atoms with Crippen molar-refractivity contribution in [3.8, 4) is 6.07 Å². The van der Waals surface area contributed by atoms with E-state index >= 15 is 0 Å². The first-order valence-electron chi connectivity index (χ1n) is 9.93. The molecular weight excluding hydrogens is 396 g/mol. The zero-order valence-electron chi connectivity index (χ0n) is 16.7. The highest BCUT2D eigenvalue weighted by molar-refractivity contribution is 5.76. The Hall–Kier alpha value is -4.06. The summed E-state index contributed by atoms with van der Waals surface area (Å²) < 4.78 is 8.03. The molecule has 0 amide bonds. The second-order valence-electron chi connectivity index (χ2n) is 7.77. The number of aromatic nitrogens is 5. The summed E-state index contributed by atoms with van der Waals surface area (Å²) in [6.07, 6.45) is 4.53. The highest BCUT2D eigenvalue weighted by Crippen LogP contribution is 2.43. The lowest BCUT2D eigenvalue weighted by atomic mass is 9.76. The Morgan fingerprint density at radius 3 is 2.68 bits per heavy atom. The highest BCUT2D eigenvalue weighted by atomic mass is 16.4. The molecule has 5 rings (SSSR count). The number of nitrogens with zero attached hydrogens (tertiary/aromatic N) is 6. The van der Waals surface area contributed by atoms with Crippen LogP contribution in [0.4, 0.5) is 0 Å². The molecule has 1 aliphatic rings. The first-order chi connectivity index (χ1) is 15.0. The van der Waals surface area contributed by atoms with Crippen LogP contribution < -0.4 is 11.3 Å². The van der Waals surface area contributed by atoms with Crippen LogP contribution in [-0.2, 0) is 6.54 Å². The quantitative estimate of drug-likeness (QED) is 0.502. The van der Waals surface area contributed by atoms with Crippen molar-refractivity contribution in [2.45, 2.75) is 38.3 Å². The number of nitriles is 1. The van der Waals surface area contributed by atoms with Crippen molar-refractivity contribution >= 4 is 11.0 Å². The molecule has 4 aromatic rings. The molecule has 1 aromatic carbocycles. The third kappa shape index (κ3) is 3.32. The van der Waals surface area contributed by atoms with Crippen molar-refractivity contribution in [3.05, 3.63) is 86.3 Å². The fourth-order valence-corrected chi connectivity index (χ4v) is 4.00. The summed E-state index contributed by atoms with van der Waals surface area (Å²) in [5, 5.41) is 13.7. The maximum atomic E-state index is 12.8. The maximum absolute atomic E-state index is 12.8. The number of benzene rings is 1. The Balaban J connectivity index is 1.34. The lowest BCUT2D eigenvalue weighted by Crippen LogP contribution is -2.31. The van der Waals surface area contributed by atoms with E-state index in [1.165, 1.54) is 15.6 Å². The van der Waals surface area contributed by atoms with Gasteiger partial charge in [0.15, 0.2) is 5.65 Å². The normalized spacial score (nSPS) is 17.9. The van der Waals surface area contributed by atoms with Crippen LogP contribution in [0.3, 0.4) is 0 Å². The molecule has 0 atom stereocenters. The molecule has 1 saturated carbocycles. The van der Waals surface area contributed by atoms with E-state index in [0.717, 1.165) is 24.0 Å². The van der Waals surface area contributed by atoms with E-state index in [4.69, 9.17) is 9.68 Å². The minimum absolute atomic E-state index is 0.0180. The van der Waals surface area contributed by atoms with Crippen molar-refractivity contribution < 1.29 is 4.42 Å². The first kappa shape index (κ1) is 18.9. The summed E-state index contributed by atoms with van der Waals surface area (Å²) in [7, 11) is 0. The highest BCUT2D eigenvalue weighted by Gasteiger charge is 2.34. The Labute approximate surface area is 176 Å². The molecular formula is C22H18N6O3. The van der Waals surface area contributed by atoms with Gasteiger partial charge in [0.25, 0.3) is 5.56 Å². The average Bonchev–Trinajstić information content (AvgIpc) is 3.09. The minimum atomic E-state index is -0.530. The van der Waals surface area contributed by atoms with Crippen LogP contribution in [0.25, 0.3) is 11.0 Å². The molecule has 9 heteroatoms. The fraction of sp³-hybridized carbons (Fsp3) is 0.273. The van der Waals surface area contributed by atoms with E-state index in [1.54, 1.807) is 24.4 Å². The van der Waals surface area contributed by atoms with E-state index in [-0.39, 0.29) is 24.0 Å². The summed E-state index contributed by atoms with van der Waals surface area (Å²) in [6.45, 7) is 1.84. The molecule has 0 aliphatic heterocycles. The van der Waals surface area contributed by atoms with Crippen LogP contribution in [0.2, 0.25) is 0 Å². The summed E-state index contributed by atoms with van der Waals surface area (Å²) in [5.74, 6) is -0.0536. The molecule has 0 saturated heterocycles. The van der Waals surface area contributed by atoms with Gasteiger partial charge in [0.05, 0.1) is 23.1 Å². The van der Waals surface area contributed by atoms with Gasteiger partial charge >= 0.3 is 5.76 Å². The Bertz CT molecular complexity index is 1440. The molecule has 9 nitrogen and oxygen atoms in total. The monoisotopic (exact) mass is 414 g/mol. The smallest absolute Gasteiger partial charge is 0.390 e. The molecule has 154 valence electrons. The number of rotatable bonds is 4. The number of hydrogen-bond donors (Lipinski definition) is 0. The second kappa shape index (κ2) is 7.32. The molecule has 1 aliphatic carbocycles. The van der Waals surface area contributed by atoms with Gasteiger partial charge in [-0.05, 0) is 55.0 Å². The molecule has 3 aromatic heterocycles. The predicted octanol–water partition coefficient (Wildman–Crippen LogP) is 2.29. The van der Waals surface area contributed by atoms with Crippen LogP contribution in [0.1, 0.15) is 47.4 Å². The van der Waals surface area contributed by atoms with Gasteiger partial charge in [-0.25, -0.2) is 14.8 Å². The Morgan fingerprint density at radius 2 is 1.94 bits per heavy atom. The second-order valence-corrected chi connectivity index (χ2v) is 7.77. The SMILES string of the molecule is Cc1ccnc2ncn(Cc3nn(C4CC(c5ccc(C#N)cc5)C4)c(=O)o3)c(=O)c12. The van der Waals surface area contributed by atoms with E-state index in [2.05, 4.69) is 21.1 Å². The molecule has 1 fully saturated rings. The number of hydrogen-bond acceptors (Lipinski definition) is 7. The zero-order chi connectivity index (χ0) is 21.5. The molecule has 31 heavy (non-hydrogen) atoms. The van der Waals surface area contributed by atoms with E-state index < -0.39 is 5.76 Å². The molecule has 0 bridgehead atoms. The van der Waals surface area contributed by atoms with Gasteiger partial charge < -0.3 is 4.42 Å². The summed E-state index contributed by atoms with van der Waals surface area (Å²) in [4.78, 5) is 33.5. The fourth-order valence-electron chi connectivity index (χ4n) is 4.00.